The van der Waals surface area contributed by atoms with Gasteiger partial charge >= 0.3 is 0 Å². The first-order chi connectivity index (χ1) is 9.47. The molecule has 1 N–H and O–H groups in total. The van der Waals surface area contributed by atoms with Crippen LogP contribution in [-0.2, 0) is 0 Å². The molecule has 0 heterocycles. The smallest absolute Gasteiger partial charge is 0.269 e. The Morgan fingerprint density at radius 3 is 2.40 bits per heavy atom. The molecule has 1 aromatic rings. The van der Waals surface area contributed by atoms with E-state index in [-0.39, 0.29) is 10.6 Å². The third kappa shape index (κ3) is 3.50. The maximum atomic E-state index is 10.7. The number of rotatable bonds is 4. The molecule has 20 heavy (non-hydrogen) atoms. The van der Waals surface area contributed by atoms with Gasteiger partial charge in [-0.3, -0.25) is 10.1 Å². The Bertz CT molecular complexity index is 477. The molecule has 2 rings (SSSR count). The topological polar surface area (TPSA) is 55.2 Å². The fourth-order valence-corrected chi connectivity index (χ4v) is 3.07. The van der Waals surface area contributed by atoms with Gasteiger partial charge in [-0.1, -0.05) is 13.8 Å². The van der Waals surface area contributed by atoms with E-state index in [9.17, 15) is 10.1 Å². The van der Waals surface area contributed by atoms with Crippen LogP contribution in [0.25, 0.3) is 0 Å². The summed E-state index contributed by atoms with van der Waals surface area (Å²) in [6.07, 6.45) is 4.95. The molecular weight excluding hydrogens is 252 g/mol. The molecule has 0 unspecified atom stereocenters. The quantitative estimate of drug-likeness (QED) is 0.649. The van der Waals surface area contributed by atoms with E-state index in [4.69, 9.17) is 0 Å². The average Bonchev–Trinajstić information content (AvgIpc) is 2.41. The zero-order valence-electron chi connectivity index (χ0n) is 12.6. The summed E-state index contributed by atoms with van der Waals surface area (Å²) in [6.45, 7) is 6.53. The Balaban J connectivity index is 1.96. The average molecular weight is 276 g/mol. The minimum Gasteiger partial charge on any atom is -0.382 e. The number of nitro benzene ring substituents is 1. The lowest BCUT2D eigenvalue weighted by Crippen LogP contribution is -2.28. The summed E-state index contributed by atoms with van der Waals surface area (Å²) in [5, 5.41) is 14.3. The molecule has 0 saturated heterocycles. The van der Waals surface area contributed by atoms with Gasteiger partial charge in [-0.05, 0) is 56.1 Å². The van der Waals surface area contributed by atoms with Crippen LogP contribution in [-0.4, -0.2) is 11.0 Å². The van der Waals surface area contributed by atoms with Gasteiger partial charge in [0.2, 0.25) is 0 Å². The van der Waals surface area contributed by atoms with Crippen molar-refractivity contribution in [3.8, 4) is 0 Å². The molecule has 0 radical (unpaired) electrons. The first-order valence-corrected chi connectivity index (χ1v) is 7.49. The number of benzene rings is 1. The van der Waals surface area contributed by atoms with Crippen molar-refractivity contribution in [1.82, 2.24) is 0 Å². The number of aryl methyl sites for hydroxylation is 1. The molecular formula is C16H24N2O2. The minimum atomic E-state index is -0.343. The number of nitrogens with one attached hydrogen (secondary N) is 1. The van der Waals surface area contributed by atoms with Gasteiger partial charge in [-0.2, -0.15) is 0 Å². The molecule has 0 bridgehead atoms. The Labute approximate surface area is 120 Å². The van der Waals surface area contributed by atoms with E-state index >= 15 is 0 Å². The number of hydrogen-bond acceptors (Lipinski definition) is 3. The van der Waals surface area contributed by atoms with Gasteiger partial charge in [0.15, 0.2) is 0 Å². The normalized spacial score (nSPS) is 22.8. The van der Waals surface area contributed by atoms with Crippen molar-refractivity contribution in [3.63, 3.8) is 0 Å². The number of non-ortho nitro benzene ring substituents is 1. The lowest BCUT2D eigenvalue weighted by molar-refractivity contribution is -0.384. The van der Waals surface area contributed by atoms with Crippen molar-refractivity contribution in [2.24, 2.45) is 11.8 Å². The van der Waals surface area contributed by atoms with Crippen LogP contribution < -0.4 is 5.32 Å². The number of hydrogen-bond donors (Lipinski definition) is 1. The summed E-state index contributed by atoms with van der Waals surface area (Å²) in [5.74, 6) is 1.63. The maximum Gasteiger partial charge on any atom is 0.269 e. The molecule has 1 aromatic carbocycles. The van der Waals surface area contributed by atoms with E-state index in [1.165, 1.54) is 25.7 Å². The summed E-state index contributed by atoms with van der Waals surface area (Å²) in [7, 11) is 0. The third-order valence-electron chi connectivity index (χ3n) is 4.50. The van der Waals surface area contributed by atoms with Crippen molar-refractivity contribution < 1.29 is 4.92 Å². The first kappa shape index (κ1) is 14.8. The first-order valence-electron chi connectivity index (χ1n) is 7.49. The van der Waals surface area contributed by atoms with E-state index in [1.54, 1.807) is 12.1 Å². The van der Waals surface area contributed by atoms with Gasteiger partial charge in [-0.25, -0.2) is 0 Å². The van der Waals surface area contributed by atoms with Gasteiger partial charge in [0.25, 0.3) is 5.69 Å². The molecule has 0 aromatic heterocycles. The zero-order chi connectivity index (χ0) is 14.7. The molecule has 1 fully saturated rings. The summed E-state index contributed by atoms with van der Waals surface area (Å²) < 4.78 is 0. The molecule has 110 valence electrons. The zero-order valence-corrected chi connectivity index (χ0v) is 12.6. The number of anilines is 1. The third-order valence-corrected chi connectivity index (χ3v) is 4.50. The Hall–Kier alpha value is -1.58. The van der Waals surface area contributed by atoms with Crippen LogP contribution in [0.1, 0.15) is 45.1 Å². The van der Waals surface area contributed by atoms with Crippen LogP contribution in [0, 0.1) is 28.9 Å². The highest BCUT2D eigenvalue weighted by Crippen LogP contribution is 2.32. The van der Waals surface area contributed by atoms with Crippen molar-refractivity contribution >= 4 is 11.4 Å². The highest BCUT2D eigenvalue weighted by molar-refractivity contribution is 5.55. The maximum absolute atomic E-state index is 10.7. The molecule has 0 spiro atoms. The van der Waals surface area contributed by atoms with Crippen LogP contribution in [0.4, 0.5) is 11.4 Å². The fraction of sp³-hybridized carbons (Fsp3) is 0.625. The Kier molecular flexibility index (Phi) is 4.63. The molecule has 0 atom stereocenters. The molecule has 0 amide bonds. The van der Waals surface area contributed by atoms with E-state index < -0.39 is 0 Å². The minimum absolute atomic E-state index is 0.163. The van der Waals surface area contributed by atoms with E-state index in [0.29, 0.717) is 6.04 Å². The van der Waals surface area contributed by atoms with Crippen LogP contribution in [0.2, 0.25) is 0 Å². The second-order valence-electron chi connectivity index (χ2n) is 6.26. The lowest BCUT2D eigenvalue weighted by atomic mass is 9.79. The van der Waals surface area contributed by atoms with E-state index in [0.717, 1.165) is 23.1 Å². The van der Waals surface area contributed by atoms with Crippen molar-refractivity contribution in [3.05, 3.63) is 33.9 Å². The van der Waals surface area contributed by atoms with Crippen LogP contribution in [0.5, 0.6) is 0 Å². The molecule has 1 saturated carbocycles. The fourth-order valence-electron chi connectivity index (χ4n) is 3.07. The SMILES string of the molecule is Cc1cc([N+](=O)[O-])ccc1NC1CCC(C(C)C)CC1. The summed E-state index contributed by atoms with van der Waals surface area (Å²) in [4.78, 5) is 10.4. The number of nitrogens with zero attached hydrogens (tertiary/aromatic N) is 1. The van der Waals surface area contributed by atoms with Crippen molar-refractivity contribution in [2.75, 3.05) is 5.32 Å². The van der Waals surface area contributed by atoms with Gasteiger partial charge in [-0.15, -0.1) is 0 Å². The van der Waals surface area contributed by atoms with E-state index in [1.807, 2.05) is 13.0 Å². The molecule has 1 aliphatic rings. The predicted octanol–water partition coefficient (Wildman–Crippen LogP) is 4.53. The van der Waals surface area contributed by atoms with Crippen LogP contribution >= 0.6 is 0 Å². The monoisotopic (exact) mass is 276 g/mol. The number of nitro groups is 1. The summed E-state index contributed by atoms with van der Waals surface area (Å²) >= 11 is 0. The van der Waals surface area contributed by atoms with Gasteiger partial charge < -0.3 is 5.32 Å². The van der Waals surface area contributed by atoms with Gasteiger partial charge in [0.1, 0.15) is 0 Å². The van der Waals surface area contributed by atoms with E-state index in [2.05, 4.69) is 19.2 Å². The molecule has 4 nitrogen and oxygen atoms in total. The largest absolute Gasteiger partial charge is 0.382 e. The second-order valence-corrected chi connectivity index (χ2v) is 6.26. The lowest BCUT2D eigenvalue weighted by Gasteiger charge is -2.32. The Morgan fingerprint density at radius 2 is 1.90 bits per heavy atom. The molecule has 0 aliphatic heterocycles. The van der Waals surface area contributed by atoms with Crippen LogP contribution in [0.15, 0.2) is 18.2 Å². The second kappa shape index (κ2) is 6.25. The molecule has 4 heteroatoms. The van der Waals surface area contributed by atoms with Gasteiger partial charge in [0, 0.05) is 23.9 Å². The van der Waals surface area contributed by atoms with Crippen molar-refractivity contribution in [1.29, 1.82) is 0 Å². The predicted molar refractivity (Wildman–Crippen MR) is 82.0 cm³/mol. The highest BCUT2D eigenvalue weighted by Gasteiger charge is 2.23. The molecule has 1 aliphatic carbocycles. The highest BCUT2D eigenvalue weighted by atomic mass is 16.6. The standard InChI is InChI=1S/C16H24N2O2/c1-11(2)13-4-6-14(7-5-13)17-16-9-8-15(18(19)20)10-12(16)3/h8-11,13-14,17H,4-7H2,1-3H3. The van der Waals surface area contributed by atoms with Gasteiger partial charge in [0.05, 0.1) is 4.92 Å². The van der Waals surface area contributed by atoms with Crippen LogP contribution in [0.3, 0.4) is 0 Å². The summed E-state index contributed by atoms with van der Waals surface area (Å²) in [5.41, 5.74) is 2.14. The van der Waals surface area contributed by atoms with Crippen molar-refractivity contribution in [2.45, 2.75) is 52.5 Å². The summed E-state index contributed by atoms with van der Waals surface area (Å²) in [6, 6.07) is 5.56. The Morgan fingerprint density at radius 1 is 1.25 bits per heavy atom.